The third-order valence-electron chi connectivity index (χ3n) is 1.09. The van der Waals surface area contributed by atoms with Gasteiger partial charge < -0.3 is 0 Å². The zero-order valence-corrected chi connectivity index (χ0v) is 6.66. The Morgan fingerprint density at radius 3 is 1.56 bits per heavy atom. The van der Waals surface area contributed by atoms with Gasteiger partial charge in [-0.3, -0.25) is 0 Å². The molecule has 0 aromatic rings. The predicted octanol–water partition coefficient (Wildman–Crippen LogP) is 0.588. The average Bonchev–Trinajstić information content (AvgIpc) is 1.64. The van der Waals surface area contributed by atoms with Gasteiger partial charge in [0, 0.05) is 0 Å². The average molecular weight is 151 g/mol. The molecule has 0 fully saturated rings. The van der Waals surface area contributed by atoms with Crippen LogP contribution in [0.1, 0.15) is 20.8 Å². The van der Waals surface area contributed by atoms with Crippen molar-refractivity contribution >= 4 is 9.84 Å². The van der Waals surface area contributed by atoms with Gasteiger partial charge in [-0.1, -0.05) is 0 Å². The highest BCUT2D eigenvalue weighted by atomic mass is 32.2. The van der Waals surface area contributed by atoms with E-state index in [0.717, 1.165) is 0 Å². The molecule has 0 aliphatic heterocycles. The van der Waals surface area contributed by atoms with Crippen LogP contribution in [0, 0.1) is 0 Å². The van der Waals surface area contributed by atoms with Crippen molar-refractivity contribution in [3.8, 4) is 0 Å². The van der Waals surface area contributed by atoms with E-state index in [1.54, 1.807) is 0 Å². The molecule has 0 aromatic carbocycles. The summed E-state index contributed by atoms with van der Waals surface area (Å²) in [5.74, 6) is -1.02. The van der Waals surface area contributed by atoms with Crippen molar-refractivity contribution in [3.05, 3.63) is 0 Å². The van der Waals surface area contributed by atoms with Gasteiger partial charge in [0.15, 0.2) is 15.8 Å². The van der Waals surface area contributed by atoms with E-state index < -0.39 is 20.5 Å². The topological polar surface area (TPSA) is 54.0 Å². The Hall–Kier alpha value is -0.0900. The summed E-state index contributed by atoms with van der Waals surface area (Å²) in [7, 11) is -3.39. The van der Waals surface area contributed by atoms with E-state index in [2.05, 4.69) is 0 Å². The molecule has 0 aliphatic carbocycles. The summed E-state index contributed by atoms with van der Waals surface area (Å²) in [4.78, 5) is 0. The Kier molecular flexibility index (Phi) is 2.24. The van der Waals surface area contributed by atoms with Gasteiger partial charge in [0.25, 0.3) is 0 Å². The zero-order chi connectivity index (χ0) is 7.71. The third-order valence-corrected chi connectivity index (χ3v) is 3.26. The van der Waals surface area contributed by atoms with Gasteiger partial charge in [-0.05, 0) is 20.8 Å². The molecule has 0 spiro atoms. The molecule has 3 nitrogen and oxygen atoms in total. The van der Waals surface area contributed by atoms with Gasteiger partial charge in [-0.15, -0.1) is 0 Å². The Morgan fingerprint density at radius 1 is 1.22 bits per heavy atom. The van der Waals surface area contributed by atoms with Gasteiger partial charge in [0.1, 0.15) is 0 Å². The van der Waals surface area contributed by atoms with E-state index in [0.29, 0.717) is 0 Å². The predicted molar refractivity (Wildman–Crippen MR) is 34.2 cm³/mol. The molecule has 0 saturated heterocycles. The minimum Gasteiger partial charge on any atom is -0.226 e. The molecule has 0 aliphatic rings. The second kappa shape index (κ2) is 2.27. The molecule has 0 N–H and O–H groups in total. The monoisotopic (exact) mass is 151 g/mol. The second-order valence-corrected chi connectivity index (χ2v) is 5.53. The van der Waals surface area contributed by atoms with E-state index in [4.69, 9.17) is 0 Å². The van der Waals surface area contributed by atoms with Gasteiger partial charge >= 0.3 is 0 Å². The second-order valence-electron chi connectivity index (χ2n) is 2.84. The largest absolute Gasteiger partial charge is 0.226 e. The van der Waals surface area contributed by atoms with Crippen LogP contribution in [0.3, 0.4) is 0 Å². The highest BCUT2D eigenvalue weighted by molar-refractivity contribution is 7.92. The van der Waals surface area contributed by atoms with Crippen LogP contribution in [0.2, 0.25) is 0 Å². The lowest BCUT2D eigenvalue weighted by Crippen LogP contribution is -2.29. The first-order valence-corrected chi connectivity index (χ1v) is 4.27. The summed E-state index contributed by atoms with van der Waals surface area (Å²) < 4.78 is 20.5. The molecule has 4 heteroatoms. The highest BCUT2D eigenvalue weighted by Crippen LogP contribution is 2.14. The summed E-state index contributed by atoms with van der Waals surface area (Å²) in [6.07, 6.45) is 0. The number of hydrogen-bond donors (Lipinski definition) is 0. The lowest BCUT2D eigenvalue weighted by Gasteiger charge is -2.15. The molecule has 0 rings (SSSR count). The molecule has 0 heterocycles. The number of rotatable bonds is 1. The van der Waals surface area contributed by atoms with Crippen LogP contribution in [0.25, 0.3) is 0 Å². The quantitative estimate of drug-likeness (QED) is 0.550. The van der Waals surface area contributed by atoms with Crippen molar-refractivity contribution in [2.45, 2.75) is 25.5 Å². The first kappa shape index (κ1) is 8.91. The Bertz CT molecular complexity index is 173. The van der Waals surface area contributed by atoms with Crippen molar-refractivity contribution in [1.29, 1.82) is 0 Å². The molecule has 55 valence electrons. The minimum atomic E-state index is -3.39. The van der Waals surface area contributed by atoms with Crippen LogP contribution in [0.15, 0.2) is 0 Å². The fourth-order valence-electron chi connectivity index (χ4n) is 0.177. The fourth-order valence-corrected chi connectivity index (χ4v) is 0.530. The molecule has 1 radical (unpaired) electrons. The summed E-state index contributed by atoms with van der Waals surface area (Å²) in [6.45, 7) is 4.54. The van der Waals surface area contributed by atoms with Crippen molar-refractivity contribution in [2.75, 3.05) is 5.94 Å². The molecule has 0 amide bonds. The SMILES string of the molecule is CC(C)(C)S(=O)(=O)C[O]. The summed E-state index contributed by atoms with van der Waals surface area (Å²) in [6, 6.07) is 0. The van der Waals surface area contributed by atoms with Crippen LogP contribution in [0.5, 0.6) is 0 Å². The van der Waals surface area contributed by atoms with Crippen molar-refractivity contribution < 1.29 is 13.5 Å². The first-order chi connectivity index (χ1) is 3.81. The first-order valence-electron chi connectivity index (χ1n) is 2.61. The molecular weight excluding hydrogens is 140 g/mol. The fraction of sp³-hybridized carbons (Fsp3) is 1.00. The Balaban J connectivity index is 4.57. The summed E-state index contributed by atoms with van der Waals surface area (Å²) in [5.41, 5.74) is 0. The van der Waals surface area contributed by atoms with Crippen LogP contribution >= 0.6 is 0 Å². The van der Waals surface area contributed by atoms with Crippen LogP contribution in [-0.2, 0) is 14.9 Å². The summed E-state index contributed by atoms with van der Waals surface area (Å²) in [5, 5.41) is 10.0. The van der Waals surface area contributed by atoms with E-state index >= 15 is 0 Å². The van der Waals surface area contributed by atoms with Crippen LogP contribution < -0.4 is 0 Å². The lowest BCUT2D eigenvalue weighted by molar-refractivity contribution is 0.247. The highest BCUT2D eigenvalue weighted by Gasteiger charge is 2.28. The Morgan fingerprint density at radius 2 is 1.56 bits per heavy atom. The van der Waals surface area contributed by atoms with E-state index in [-0.39, 0.29) is 0 Å². The standard InChI is InChI=1S/C5H11O3S/c1-5(2,3)9(7,8)4-6/h4H2,1-3H3. The van der Waals surface area contributed by atoms with Crippen molar-refractivity contribution in [1.82, 2.24) is 0 Å². The number of sulfone groups is 1. The maximum Gasteiger partial charge on any atom is 0.184 e. The minimum absolute atomic E-state index is 0.894. The normalized spacial score (nSPS) is 13.8. The lowest BCUT2D eigenvalue weighted by atomic mass is 10.3. The number of hydrogen-bond acceptors (Lipinski definition) is 2. The van der Waals surface area contributed by atoms with Crippen molar-refractivity contribution in [2.24, 2.45) is 0 Å². The van der Waals surface area contributed by atoms with Crippen LogP contribution in [0.4, 0.5) is 0 Å². The van der Waals surface area contributed by atoms with Gasteiger partial charge in [0.2, 0.25) is 0 Å². The Labute approximate surface area is 55.6 Å². The van der Waals surface area contributed by atoms with Gasteiger partial charge in [-0.25, -0.2) is 13.5 Å². The third kappa shape index (κ3) is 1.95. The van der Waals surface area contributed by atoms with Gasteiger partial charge in [-0.2, -0.15) is 0 Å². The van der Waals surface area contributed by atoms with Crippen LogP contribution in [-0.4, -0.2) is 19.1 Å². The molecule has 0 bridgehead atoms. The van der Waals surface area contributed by atoms with E-state index in [1.807, 2.05) is 0 Å². The molecule has 9 heavy (non-hydrogen) atoms. The summed E-state index contributed by atoms with van der Waals surface area (Å²) >= 11 is 0. The van der Waals surface area contributed by atoms with E-state index in [1.165, 1.54) is 20.8 Å². The molecule has 0 saturated carbocycles. The molecular formula is C5H11O3S. The van der Waals surface area contributed by atoms with Gasteiger partial charge in [0.05, 0.1) is 4.75 Å². The maximum atomic E-state index is 10.7. The molecule has 0 aromatic heterocycles. The molecule has 0 unspecified atom stereocenters. The van der Waals surface area contributed by atoms with Crippen molar-refractivity contribution in [3.63, 3.8) is 0 Å². The van der Waals surface area contributed by atoms with E-state index in [9.17, 15) is 13.5 Å². The zero-order valence-electron chi connectivity index (χ0n) is 5.84. The molecule has 0 atom stereocenters. The smallest absolute Gasteiger partial charge is 0.184 e. The maximum absolute atomic E-state index is 10.7.